The maximum atomic E-state index is 15.8. The molecule has 7 heteroatoms. The Morgan fingerprint density at radius 3 is 2.34 bits per heavy atom. The third-order valence-corrected chi connectivity index (χ3v) is 6.97. The first-order valence-corrected chi connectivity index (χ1v) is 11.6. The van der Waals surface area contributed by atoms with Gasteiger partial charge in [0.05, 0.1) is 22.6 Å². The van der Waals surface area contributed by atoms with Crippen LogP contribution in [0.15, 0.2) is 77.7 Å². The molecule has 1 aromatic heterocycles. The molecule has 0 bridgehead atoms. The fraction of sp³-hybridized carbons (Fsp3) is 0.160. The van der Waals surface area contributed by atoms with Crippen molar-refractivity contribution in [3.63, 3.8) is 0 Å². The van der Waals surface area contributed by atoms with Crippen molar-refractivity contribution >= 4 is 26.9 Å². The van der Waals surface area contributed by atoms with E-state index in [9.17, 15) is 13.2 Å². The molecule has 0 radical (unpaired) electrons. The fourth-order valence-electron chi connectivity index (χ4n) is 3.65. The molecule has 0 fully saturated rings. The van der Waals surface area contributed by atoms with E-state index in [0.717, 1.165) is 15.1 Å². The number of carbonyl (C=O) groups excluding carboxylic acids is 1. The normalized spacial score (nSPS) is 11.6. The molecule has 32 heavy (non-hydrogen) atoms. The molecule has 0 aliphatic carbocycles. The van der Waals surface area contributed by atoms with Gasteiger partial charge in [0.15, 0.2) is 0 Å². The van der Waals surface area contributed by atoms with E-state index in [1.807, 2.05) is 37.3 Å². The van der Waals surface area contributed by atoms with Gasteiger partial charge < -0.3 is 4.74 Å². The molecule has 0 unspecified atom stereocenters. The number of hydrogen-bond acceptors (Lipinski definition) is 4. The molecular formula is C25H22FNO4S. The Bertz CT molecular complexity index is 1390. The van der Waals surface area contributed by atoms with Crippen molar-refractivity contribution in [2.45, 2.75) is 25.2 Å². The molecule has 164 valence electrons. The summed E-state index contributed by atoms with van der Waals surface area (Å²) in [6.45, 7) is 3.74. The second kappa shape index (κ2) is 8.59. The van der Waals surface area contributed by atoms with Crippen LogP contribution in [0.25, 0.3) is 10.9 Å². The van der Waals surface area contributed by atoms with Crippen LogP contribution in [0.4, 0.5) is 4.39 Å². The molecule has 0 N–H and O–H groups in total. The van der Waals surface area contributed by atoms with Gasteiger partial charge in [-0.2, -0.15) is 4.39 Å². The summed E-state index contributed by atoms with van der Waals surface area (Å²) in [6, 6.07) is 19.8. The molecule has 0 atom stereocenters. The molecule has 0 amide bonds. The van der Waals surface area contributed by atoms with Crippen LogP contribution in [0.2, 0.25) is 0 Å². The van der Waals surface area contributed by atoms with Crippen molar-refractivity contribution in [2.75, 3.05) is 6.61 Å². The topological polar surface area (TPSA) is 65.4 Å². The Labute approximate surface area is 186 Å². The fourth-order valence-corrected chi connectivity index (χ4v) is 5.08. The number of aromatic nitrogens is 1. The van der Waals surface area contributed by atoms with E-state index in [-0.39, 0.29) is 34.6 Å². The first-order chi connectivity index (χ1) is 15.3. The zero-order chi connectivity index (χ0) is 22.9. The minimum atomic E-state index is -4.20. The number of esters is 1. The van der Waals surface area contributed by atoms with E-state index >= 15 is 4.39 Å². The lowest BCUT2D eigenvalue weighted by Gasteiger charge is -2.09. The summed E-state index contributed by atoms with van der Waals surface area (Å²) in [6.07, 6.45) is 0.172. The van der Waals surface area contributed by atoms with Gasteiger partial charge >= 0.3 is 5.97 Å². The van der Waals surface area contributed by atoms with Crippen molar-refractivity contribution in [2.24, 2.45) is 0 Å². The summed E-state index contributed by atoms with van der Waals surface area (Å²) in [5, 5.41) is 0.354. The summed E-state index contributed by atoms with van der Waals surface area (Å²) >= 11 is 0. The Morgan fingerprint density at radius 2 is 1.69 bits per heavy atom. The number of hydrogen-bond donors (Lipinski definition) is 0. The van der Waals surface area contributed by atoms with Gasteiger partial charge in [0.1, 0.15) is 0 Å². The van der Waals surface area contributed by atoms with Gasteiger partial charge in [0.2, 0.25) is 5.95 Å². The minimum Gasteiger partial charge on any atom is -0.462 e. The summed E-state index contributed by atoms with van der Waals surface area (Å²) in [5.41, 5.74) is 2.32. The average Bonchev–Trinajstić information content (AvgIpc) is 3.06. The number of rotatable bonds is 6. The van der Waals surface area contributed by atoms with Crippen LogP contribution in [0.1, 0.15) is 34.0 Å². The van der Waals surface area contributed by atoms with Crippen LogP contribution < -0.4 is 0 Å². The van der Waals surface area contributed by atoms with E-state index in [2.05, 4.69) is 0 Å². The Kier molecular flexibility index (Phi) is 5.84. The summed E-state index contributed by atoms with van der Waals surface area (Å²) in [4.78, 5) is 12.2. The van der Waals surface area contributed by atoms with Gasteiger partial charge in [-0.25, -0.2) is 17.2 Å². The Balaban J connectivity index is 1.96. The molecule has 0 spiro atoms. The monoisotopic (exact) mass is 451 g/mol. The lowest BCUT2D eigenvalue weighted by atomic mass is 10.0. The van der Waals surface area contributed by atoms with Crippen LogP contribution in [0.5, 0.6) is 0 Å². The van der Waals surface area contributed by atoms with Crippen LogP contribution >= 0.6 is 0 Å². The van der Waals surface area contributed by atoms with Gasteiger partial charge in [-0.1, -0.05) is 48.0 Å². The molecule has 1 heterocycles. The van der Waals surface area contributed by atoms with Gasteiger partial charge in [0.25, 0.3) is 10.0 Å². The van der Waals surface area contributed by atoms with Gasteiger partial charge in [-0.3, -0.25) is 0 Å². The highest BCUT2D eigenvalue weighted by Gasteiger charge is 2.28. The predicted octanol–water partition coefficient (Wildman–Crippen LogP) is 5.09. The van der Waals surface area contributed by atoms with Gasteiger partial charge in [0, 0.05) is 17.4 Å². The van der Waals surface area contributed by atoms with Crippen LogP contribution in [-0.4, -0.2) is 25.0 Å². The molecule has 4 rings (SSSR count). The molecule has 5 nitrogen and oxygen atoms in total. The van der Waals surface area contributed by atoms with E-state index in [1.54, 1.807) is 19.1 Å². The van der Waals surface area contributed by atoms with E-state index in [1.165, 1.54) is 30.3 Å². The summed E-state index contributed by atoms with van der Waals surface area (Å²) in [7, 11) is -4.20. The Hall–Kier alpha value is -3.45. The van der Waals surface area contributed by atoms with Gasteiger partial charge in [-0.15, -0.1) is 0 Å². The van der Waals surface area contributed by atoms with Crippen molar-refractivity contribution in [1.82, 2.24) is 3.97 Å². The SMILES string of the molecule is CCOC(=O)c1ccc2c(c1)c(Cc1ccccc1)c(F)n2S(=O)(=O)c1ccc(C)cc1. The van der Waals surface area contributed by atoms with Crippen LogP contribution in [-0.2, 0) is 21.2 Å². The van der Waals surface area contributed by atoms with Crippen molar-refractivity contribution < 1.29 is 22.3 Å². The third-order valence-electron chi connectivity index (χ3n) is 5.26. The lowest BCUT2D eigenvalue weighted by molar-refractivity contribution is 0.0526. The summed E-state index contributed by atoms with van der Waals surface area (Å²) in [5.74, 6) is -1.42. The van der Waals surface area contributed by atoms with Gasteiger partial charge in [-0.05, 0) is 49.7 Å². The van der Waals surface area contributed by atoms with Crippen LogP contribution in [0, 0.1) is 12.9 Å². The number of carbonyl (C=O) groups is 1. The van der Waals surface area contributed by atoms with Crippen LogP contribution in [0.3, 0.4) is 0 Å². The largest absolute Gasteiger partial charge is 0.462 e. The number of fused-ring (bicyclic) bond motifs is 1. The van der Waals surface area contributed by atoms with Crippen molar-refractivity contribution in [3.05, 3.63) is 101 Å². The molecule has 0 aliphatic rings. The highest BCUT2D eigenvalue weighted by atomic mass is 32.2. The minimum absolute atomic E-state index is 0.0142. The van der Waals surface area contributed by atoms with E-state index in [0.29, 0.717) is 5.39 Å². The highest BCUT2D eigenvalue weighted by molar-refractivity contribution is 7.90. The quantitative estimate of drug-likeness (QED) is 0.383. The Morgan fingerprint density at radius 1 is 1.00 bits per heavy atom. The second-order valence-electron chi connectivity index (χ2n) is 7.47. The van der Waals surface area contributed by atoms with Crippen molar-refractivity contribution in [3.8, 4) is 0 Å². The first kappa shape index (κ1) is 21.8. The number of halogens is 1. The smallest absolute Gasteiger partial charge is 0.338 e. The van der Waals surface area contributed by atoms with E-state index in [4.69, 9.17) is 4.74 Å². The van der Waals surface area contributed by atoms with Crippen molar-refractivity contribution in [1.29, 1.82) is 0 Å². The van der Waals surface area contributed by atoms with E-state index < -0.39 is 21.9 Å². The predicted molar refractivity (Wildman–Crippen MR) is 121 cm³/mol. The molecule has 4 aromatic rings. The molecule has 0 saturated carbocycles. The number of ether oxygens (including phenoxy) is 1. The number of benzene rings is 3. The lowest BCUT2D eigenvalue weighted by Crippen LogP contribution is -2.15. The molecule has 3 aromatic carbocycles. The molecular weight excluding hydrogens is 429 g/mol. The maximum absolute atomic E-state index is 15.8. The molecule has 0 saturated heterocycles. The first-order valence-electron chi connectivity index (χ1n) is 10.2. The highest BCUT2D eigenvalue weighted by Crippen LogP contribution is 2.32. The third kappa shape index (κ3) is 3.91. The number of nitrogens with zero attached hydrogens (tertiary/aromatic N) is 1. The number of aryl methyl sites for hydroxylation is 1. The second-order valence-corrected chi connectivity index (χ2v) is 9.25. The zero-order valence-electron chi connectivity index (χ0n) is 17.7. The zero-order valence-corrected chi connectivity index (χ0v) is 18.5. The maximum Gasteiger partial charge on any atom is 0.338 e. The average molecular weight is 452 g/mol. The summed E-state index contributed by atoms with van der Waals surface area (Å²) < 4.78 is 48.4. The standard InChI is InChI=1S/C25H22FNO4S/c1-3-31-25(28)19-11-14-23-21(16-19)22(15-18-7-5-4-6-8-18)24(26)27(23)32(29,30)20-12-9-17(2)10-13-20/h4-14,16H,3,15H2,1-2H3. The molecule has 0 aliphatic heterocycles.